The van der Waals surface area contributed by atoms with Gasteiger partial charge in [-0.15, -0.1) is 0 Å². The molecule has 1 heterocycles. The number of hydrogen-bond donors (Lipinski definition) is 1. The van der Waals surface area contributed by atoms with Crippen LogP contribution in [0.15, 0.2) is 16.8 Å². The van der Waals surface area contributed by atoms with Crippen LogP contribution in [0.3, 0.4) is 0 Å². The quantitative estimate of drug-likeness (QED) is 0.697. The molecule has 2 N–H and O–H groups in total. The van der Waals surface area contributed by atoms with Crippen molar-refractivity contribution in [3.8, 4) is 0 Å². The molecule has 0 aliphatic heterocycles. The maximum Gasteiger partial charge on any atom is 0.163 e. The molecule has 0 amide bonds. The first-order chi connectivity index (χ1) is 5.34. The van der Waals surface area contributed by atoms with Gasteiger partial charge in [0.25, 0.3) is 0 Å². The number of carbonyl (C=O) groups is 1. The van der Waals surface area contributed by atoms with E-state index in [0.29, 0.717) is 13.0 Å². The maximum atomic E-state index is 11.2. The Bertz CT molecular complexity index is 218. The van der Waals surface area contributed by atoms with Crippen LogP contribution in [0.4, 0.5) is 0 Å². The van der Waals surface area contributed by atoms with E-state index in [1.165, 1.54) is 0 Å². The number of rotatable bonds is 4. The molecule has 60 valence electrons. The van der Waals surface area contributed by atoms with Crippen molar-refractivity contribution in [1.29, 1.82) is 0 Å². The van der Waals surface area contributed by atoms with Gasteiger partial charge in [-0.05, 0) is 24.4 Å². The Morgan fingerprint density at radius 3 is 3.00 bits per heavy atom. The molecule has 2 nitrogen and oxygen atoms in total. The molecule has 0 saturated heterocycles. The summed E-state index contributed by atoms with van der Waals surface area (Å²) in [6, 6.07) is 1.85. The molecule has 0 saturated carbocycles. The highest BCUT2D eigenvalue weighted by atomic mass is 32.1. The molecule has 0 atom stereocenters. The van der Waals surface area contributed by atoms with Crippen LogP contribution < -0.4 is 5.73 Å². The Balaban J connectivity index is 2.43. The molecule has 0 radical (unpaired) electrons. The highest BCUT2D eigenvalue weighted by Gasteiger charge is 2.03. The van der Waals surface area contributed by atoms with Gasteiger partial charge in [0.1, 0.15) is 0 Å². The summed E-state index contributed by atoms with van der Waals surface area (Å²) in [7, 11) is 0. The van der Waals surface area contributed by atoms with E-state index in [9.17, 15) is 4.79 Å². The van der Waals surface area contributed by atoms with Gasteiger partial charge < -0.3 is 5.73 Å². The fraction of sp³-hybridized carbons (Fsp3) is 0.375. The summed E-state index contributed by atoms with van der Waals surface area (Å²) >= 11 is 1.55. The van der Waals surface area contributed by atoms with Gasteiger partial charge in [0.15, 0.2) is 5.78 Å². The molecular formula is C8H11NOS. The summed E-state index contributed by atoms with van der Waals surface area (Å²) in [4.78, 5) is 11.2. The van der Waals surface area contributed by atoms with Crippen LogP contribution in [0.25, 0.3) is 0 Å². The lowest BCUT2D eigenvalue weighted by Gasteiger charge is -1.94. The summed E-state index contributed by atoms with van der Waals surface area (Å²) in [5, 5.41) is 3.79. The molecule has 0 aliphatic carbocycles. The standard InChI is InChI=1S/C8H11NOS/c9-4-1-2-8(10)7-3-5-11-6-7/h3,5-6H,1-2,4,9H2. The lowest BCUT2D eigenvalue weighted by Crippen LogP contribution is -2.03. The van der Waals surface area contributed by atoms with Crippen molar-refractivity contribution < 1.29 is 4.79 Å². The predicted molar refractivity (Wildman–Crippen MR) is 46.9 cm³/mol. The van der Waals surface area contributed by atoms with Gasteiger partial charge >= 0.3 is 0 Å². The van der Waals surface area contributed by atoms with Gasteiger partial charge in [0, 0.05) is 17.4 Å². The van der Waals surface area contributed by atoms with Crippen molar-refractivity contribution >= 4 is 17.1 Å². The molecule has 3 heteroatoms. The molecule has 1 aromatic heterocycles. The van der Waals surface area contributed by atoms with Crippen LogP contribution in [-0.4, -0.2) is 12.3 Å². The van der Waals surface area contributed by atoms with Gasteiger partial charge in [-0.2, -0.15) is 11.3 Å². The van der Waals surface area contributed by atoms with Crippen LogP contribution in [-0.2, 0) is 0 Å². The zero-order valence-electron chi connectivity index (χ0n) is 6.25. The highest BCUT2D eigenvalue weighted by molar-refractivity contribution is 7.08. The number of ketones is 1. The van der Waals surface area contributed by atoms with Crippen LogP contribution in [0, 0.1) is 0 Å². The van der Waals surface area contributed by atoms with E-state index in [1.807, 2.05) is 16.8 Å². The van der Waals surface area contributed by atoms with Crippen LogP contribution in [0.5, 0.6) is 0 Å². The van der Waals surface area contributed by atoms with E-state index >= 15 is 0 Å². The normalized spacial score (nSPS) is 9.91. The van der Waals surface area contributed by atoms with E-state index in [0.717, 1.165) is 12.0 Å². The van der Waals surface area contributed by atoms with Crippen LogP contribution in [0.1, 0.15) is 23.2 Å². The van der Waals surface area contributed by atoms with Gasteiger partial charge in [-0.1, -0.05) is 0 Å². The number of thiophene rings is 1. The second-order valence-electron chi connectivity index (χ2n) is 2.33. The van der Waals surface area contributed by atoms with Crippen molar-refractivity contribution in [2.75, 3.05) is 6.54 Å². The minimum Gasteiger partial charge on any atom is -0.330 e. The first-order valence-electron chi connectivity index (χ1n) is 3.60. The van der Waals surface area contributed by atoms with E-state index in [4.69, 9.17) is 5.73 Å². The molecular weight excluding hydrogens is 158 g/mol. The van der Waals surface area contributed by atoms with Crippen LogP contribution >= 0.6 is 11.3 Å². The van der Waals surface area contributed by atoms with Gasteiger partial charge in [-0.25, -0.2) is 0 Å². The van der Waals surface area contributed by atoms with E-state index in [1.54, 1.807) is 11.3 Å². The number of Topliss-reactive ketones (excluding diaryl/α,β-unsaturated/α-hetero) is 1. The predicted octanol–water partition coefficient (Wildman–Crippen LogP) is 1.67. The Morgan fingerprint density at radius 1 is 1.64 bits per heavy atom. The SMILES string of the molecule is NCCCC(=O)c1ccsc1. The fourth-order valence-corrected chi connectivity index (χ4v) is 1.49. The third kappa shape index (κ3) is 2.44. The minimum atomic E-state index is 0.205. The molecule has 0 aromatic carbocycles. The van der Waals surface area contributed by atoms with Crippen molar-refractivity contribution in [1.82, 2.24) is 0 Å². The molecule has 0 spiro atoms. The maximum absolute atomic E-state index is 11.2. The van der Waals surface area contributed by atoms with Crippen molar-refractivity contribution in [3.05, 3.63) is 22.4 Å². The Morgan fingerprint density at radius 2 is 2.45 bits per heavy atom. The molecule has 0 bridgehead atoms. The summed E-state index contributed by atoms with van der Waals surface area (Å²) in [5.41, 5.74) is 6.10. The van der Waals surface area contributed by atoms with Gasteiger partial charge in [0.05, 0.1) is 0 Å². The first kappa shape index (κ1) is 8.43. The summed E-state index contributed by atoms with van der Waals surface area (Å²) in [6.07, 6.45) is 1.36. The third-order valence-corrected chi connectivity index (χ3v) is 2.13. The molecule has 1 aromatic rings. The average Bonchev–Trinajstić information content (AvgIpc) is 2.52. The molecule has 0 fully saturated rings. The Hall–Kier alpha value is -0.670. The Kier molecular flexibility index (Phi) is 3.26. The molecule has 1 rings (SSSR count). The minimum absolute atomic E-state index is 0.205. The second-order valence-corrected chi connectivity index (χ2v) is 3.11. The largest absolute Gasteiger partial charge is 0.330 e. The van der Waals surface area contributed by atoms with Crippen molar-refractivity contribution in [3.63, 3.8) is 0 Å². The summed E-state index contributed by atoms with van der Waals surface area (Å²) < 4.78 is 0. The summed E-state index contributed by atoms with van der Waals surface area (Å²) in [6.45, 7) is 0.593. The number of carbonyl (C=O) groups excluding carboxylic acids is 1. The lowest BCUT2D eigenvalue weighted by atomic mass is 10.1. The lowest BCUT2D eigenvalue weighted by molar-refractivity contribution is 0.0981. The van der Waals surface area contributed by atoms with Crippen molar-refractivity contribution in [2.24, 2.45) is 5.73 Å². The van der Waals surface area contributed by atoms with Crippen molar-refractivity contribution in [2.45, 2.75) is 12.8 Å². The monoisotopic (exact) mass is 169 g/mol. The fourth-order valence-electron chi connectivity index (χ4n) is 0.830. The number of hydrogen-bond acceptors (Lipinski definition) is 3. The third-order valence-electron chi connectivity index (χ3n) is 1.45. The van der Waals surface area contributed by atoms with Crippen LogP contribution in [0.2, 0.25) is 0 Å². The first-order valence-corrected chi connectivity index (χ1v) is 4.54. The van der Waals surface area contributed by atoms with E-state index < -0.39 is 0 Å². The summed E-state index contributed by atoms with van der Waals surface area (Å²) in [5.74, 6) is 0.205. The highest BCUT2D eigenvalue weighted by Crippen LogP contribution is 2.09. The smallest absolute Gasteiger partial charge is 0.163 e. The van der Waals surface area contributed by atoms with E-state index in [2.05, 4.69) is 0 Å². The molecule has 0 aliphatic rings. The average molecular weight is 169 g/mol. The van der Waals surface area contributed by atoms with E-state index in [-0.39, 0.29) is 5.78 Å². The second kappa shape index (κ2) is 4.26. The van der Waals surface area contributed by atoms with Gasteiger partial charge in [-0.3, -0.25) is 4.79 Å². The Labute approximate surface area is 70.0 Å². The zero-order valence-corrected chi connectivity index (χ0v) is 7.06. The van der Waals surface area contributed by atoms with Gasteiger partial charge in [0.2, 0.25) is 0 Å². The molecule has 0 unspecified atom stereocenters. The topological polar surface area (TPSA) is 43.1 Å². The molecule has 11 heavy (non-hydrogen) atoms. The zero-order chi connectivity index (χ0) is 8.10. The number of nitrogens with two attached hydrogens (primary N) is 1.